The first-order chi connectivity index (χ1) is 13.1. The summed E-state index contributed by atoms with van der Waals surface area (Å²) in [6.07, 6.45) is 1.04. The van der Waals surface area contributed by atoms with Gasteiger partial charge in [-0.2, -0.15) is 0 Å². The smallest absolute Gasteiger partial charge is 0.241 e. The van der Waals surface area contributed by atoms with E-state index in [2.05, 4.69) is 5.32 Å². The summed E-state index contributed by atoms with van der Waals surface area (Å²) in [5, 5.41) is 2.73. The van der Waals surface area contributed by atoms with Crippen molar-refractivity contribution >= 4 is 21.6 Å². The maximum Gasteiger partial charge on any atom is 0.241 e. The lowest BCUT2D eigenvalue weighted by Gasteiger charge is -2.23. The van der Waals surface area contributed by atoms with Crippen LogP contribution in [0.1, 0.15) is 32.4 Å². The van der Waals surface area contributed by atoms with Crippen LogP contribution in [0, 0.1) is 5.82 Å². The lowest BCUT2D eigenvalue weighted by molar-refractivity contribution is -0.120. The van der Waals surface area contributed by atoms with Crippen molar-refractivity contribution in [2.45, 2.75) is 32.9 Å². The monoisotopic (exact) mass is 408 g/mol. The summed E-state index contributed by atoms with van der Waals surface area (Å²) in [5.74, 6) is -0.221. The van der Waals surface area contributed by atoms with Gasteiger partial charge in [0.25, 0.3) is 0 Å². The summed E-state index contributed by atoms with van der Waals surface area (Å²) >= 11 is 0. The molecule has 0 aromatic heterocycles. The van der Waals surface area contributed by atoms with Crippen LogP contribution in [0.25, 0.3) is 0 Å². The molecule has 0 unspecified atom stereocenters. The molecular formula is C20H25FN2O4S. The Bertz CT molecular complexity index is 897. The Morgan fingerprint density at radius 2 is 1.64 bits per heavy atom. The van der Waals surface area contributed by atoms with Gasteiger partial charge in [-0.3, -0.25) is 9.10 Å². The molecule has 0 bridgehead atoms. The molecule has 2 rings (SSSR count). The van der Waals surface area contributed by atoms with Crippen LogP contribution in [0.3, 0.4) is 0 Å². The van der Waals surface area contributed by atoms with Crippen LogP contribution in [0.4, 0.5) is 10.1 Å². The predicted octanol–water partition coefficient (Wildman–Crippen LogP) is 3.26. The predicted molar refractivity (Wildman–Crippen MR) is 107 cm³/mol. The van der Waals surface area contributed by atoms with Crippen LogP contribution in [-0.2, 0) is 14.8 Å². The normalized spacial score (nSPS) is 12.5. The molecule has 0 spiro atoms. The molecule has 0 aliphatic carbocycles. The summed E-state index contributed by atoms with van der Waals surface area (Å²) in [5.41, 5.74) is 1.08. The summed E-state index contributed by atoms with van der Waals surface area (Å²) in [6, 6.07) is 11.9. The number of carbonyl (C=O) groups excluding carboxylic acids is 1. The van der Waals surface area contributed by atoms with Crippen LogP contribution in [0.15, 0.2) is 48.5 Å². The van der Waals surface area contributed by atoms with E-state index in [-0.39, 0.29) is 18.5 Å². The molecule has 0 saturated carbocycles. The molecule has 0 fully saturated rings. The minimum Gasteiger partial charge on any atom is -0.491 e. The highest BCUT2D eigenvalue weighted by Crippen LogP contribution is 2.22. The highest BCUT2D eigenvalue weighted by atomic mass is 32.2. The number of hydrogen-bond donors (Lipinski definition) is 1. The Labute approximate surface area is 165 Å². The number of carbonyl (C=O) groups is 1. The van der Waals surface area contributed by atoms with Gasteiger partial charge in [0.05, 0.1) is 24.1 Å². The molecule has 0 aliphatic heterocycles. The quantitative estimate of drug-likeness (QED) is 0.728. The first kappa shape index (κ1) is 21.7. The number of ether oxygens (including phenoxy) is 1. The van der Waals surface area contributed by atoms with E-state index in [4.69, 9.17) is 4.74 Å². The fourth-order valence-corrected chi connectivity index (χ4v) is 3.47. The lowest BCUT2D eigenvalue weighted by atomic mass is 10.1. The van der Waals surface area contributed by atoms with Gasteiger partial charge >= 0.3 is 0 Å². The molecule has 8 heteroatoms. The number of benzene rings is 2. The second kappa shape index (κ2) is 9.05. The van der Waals surface area contributed by atoms with Gasteiger partial charge in [0.15, 0.2) is 0 Å². The molecule has 0 radical (unpaired) electrons. The van der Waals surface area contributed by atoms with E-state index in [1.807, 2.05) is 13.8 Å². The van der Waals surface area contributed by atoms with E-state index in [1.54, 1.807) is 43.3 Å². The molecule has 6 nitrogen and oxygen atoms in total. The zero-order chi connectivity index (χ0) is 20.9. The van der Waals surface area contributed by atoms with Crippen LogP contribution in [0.2, 0.25) is 0 Å². The summed E-state index contributed by atoms with van der Waals surface area (Å²) in [4.78, 5) is 12.4. The van der Waals surface area contributed by atoms with Crippen LogP contribution in [0.5, 0.6) is 5.75 Å². The van der Waals surface area contributed by atoms with Gasteiger partial charge in [0, 0.05) is 0 Å². The van der Waals surface area contributed by atoms with Crippen molar-refractivity contribution in [1.82, 2.24) is 5.32 Å². The Kier molecular flexibility index (Phi) is 7.01. The highest BCUT2D eigenvalue weighted by molar-refractivity contribution is 7.92. The van der Waals surface area contributed by atoms with Crippen LogP contribution in [-0.4, -0.2) is 33.2 Å². The molecule has 1 atom stereocenters. The van der Waals surface area contributed by atoms with Crippen molar-refractivity contribution < 1.29 is 22.3 Å². The van der Waals surface area contributed by atoms with Gasteiger partial charge in [-0.05, 0) is 62.7 Å². The van der Waals surface area contributed by atoms with E-state index in [9.17, 15) is 17.6 Å². The van der Waals surface area contributed by atoms with Gasteiger partial charge < -0.3 is 10.1 Å². The third-order valence-electron chi connectivity index (χ3n) is 3.93. The molecule has 1 N–H and O–H groups in total. The van der Waals surface area contributed by atoms with E-state index in [1.165, 1.54) is 12.1 Å². The second-order valence-corrected chi connectivity index (χ2v) is 8.68. The lowest BCUT2D eigenvalue weighted by Crippen LogP contribution is -2.41. The number of nitrogens with one attached hydrogen (secondary N) is 1. The van der Waals surface area contributed by atoms with Crippen molar-refractivity contribution in [1.29, 1.82) is 0 Å². The fourth-order valence-electron chi connectivity index (χ4n) is 2.62. The SMILES string of the molecule is CC(C)Oc1ccc(N(CC(=O)N[C@@H](C)c2ccc(F)cc2)S(C)(=O)=O)cc1. The molecule has 2 aromatic carbocycles. The summed E-state index contributed by atoms with van der Waals surface area (Å²) in [7, 11) is -3.67. The largest absolute Gasteiger partial charge is 0.491 e. The second-order valence-electron chi connectivity index (χ2n) is 6.77. The molecule has 0 aliphatic rings. The van der Waals surface area contributed by atoms with E-state index in [0.717, 1.165) is 16.1 Å². The first-order valence-corrected chi connectivity index (χ1v) is 10.7. The number of amides is 1. The van der Waals surface area contributed by atoms with Gasteiger partial charge in [-0.15, -0.1) is 0 Å². The molecule has 28 heavy (non-hydrogen) atoms. The number of nitrogens with zero attached hydrogens (tertiary/aromatic N) is 1. The molecule has 0 heterocycles. The summed E-state index contributed by atoms with van der Waals surface area (Å²) < 4.78 is 44.0. The van der Waals surface area contributed by atoms with Crippen molar-refractivity contribution in [2.24, 2.45) is 0 Å². The highest BCUT2D eigenvalue weighted by Gasteiger charge is 2.22. The van der Waals surface area contributed by atoms with Crippen molar-refractivity contribution in [3.05, 3.63) is 59.9 Å². The minimum atomic E-state index is -3.67. The Morgan fingerprint density at radius 3 is 2.14 bits per heavy atom. The van der Waals surface area contributed by atoms with Gasteiger partial charge in [-0.1, -0.05) is 12.1 Å². The average Bonchev–Trinajstić information content (AvgIpc) is 2.59. The standard InChI is InChI=1S/C20H25FN2O4S/c1-14(2)27-19-11-9-18(10-12-19)23(28(4,25)26)13-20(24)22-15(3)16-5-7-17(21)8-6-16/h5-12,14-15H,13H2,1-4H3,(H,22,24)/t15-/m0/s1. The molecular weight excluding hydrogens is 383 g/mol. The third-order valence-corrected chi connectivity index (χ3v) is 5.07. The van der Waals surface area contributed by atoms with Crippen LogP contribution >= 0.6 is 0 Å². The Hall–Kier alpha value is -2.61. The van der Waals surface area contributed by atoms with Crippen LogP contribution < -0.4 is 14.4 Å². The van der Waals surface area contributed by atoms with Gasteiger partial charge in [-0.25, -0.2) is 12.8 Å². The maximum absolute atomic E-state index is 13.0. The minimum absolute atomic E-state index is 0.00409. The fraction of sp³-hybridized carbons (Fsp3) is 0.350. The van der Waals surface area contributed by atoms with Crippen molar-refractivity contribution in [3.8, 4) is 5.75 Å². The third kappa shape index (κ3) is 6.23. The zero-order valence-electron chi connectivity index (χ0n) is 16.3. The number of hydrogen-bond acceptors (Lipinski definition) is 4. The molecule has 152 valence electrons. The van der Waals surface area contributed by atoms with Crippen molar-refractivity contribution in [3.63, 3.8) is 0 Å². The molecule has 0 saturated heterocycles. The zero-order valence-corrected chi connectivity index (χ0v) is 17.2. The van der Waals surface area contributed by atoms with Crippen molar-refractivity contribution in [2.75, 3.05) is 17.1 Å². The number of sulfonamides is 1. The van der Waals surface area contributed by atoms with Gasteiger partial charge in [0.1, 0.15) is 18.1 Å². The number of halogens is 1. The topological polar surface area (TPSA) is 75.7 Å². The van der Waals surface area contributed by atoms with E-state index in [0.29, 0.717) is 11.4 Å². The van der Waals surface area contributed by atoms with Gasteiger partial charge in [0.2, 0.25) is 15.9 Å². The van der Waals surface area contributed by atoms with E-state index < -0.39 is 22.0 Å². The Morgan fingerprint density at radius 1 is 1.07 bits per heavy atom. The number of anilines is 1. The number of rotatable bonds is 8. The average molecular weight is 408 g/mol. The summed E-state index contributed by atoms with van der Waals surface area (Å²) in [6.45, 7) is 5.16. The first-order valence-electron chi connectivity index (χ1n) is 8.85. The Balaban J connectivity index is 2.11. The molecule has 1 amide bonds. The van der Waals surface area contributed by atoms with E-state index >= 15 is 0 Å². The molecule has 2 aromatic rings. The maximum atomic E-state index is 13.0.